The fraction of sp³-hybridized carbons (Fsp3) is 0.286. The fourth-order valence-electron chi connectivity index (χ4n) is 3.12. The van der Waals surface area contributed by atoms with E-state index in [-0.39, 0.29) is 0 Å². The Labute approximate surface area is 150 Å². The maximum absolute atomic E-state index is 12.8. The number of fused-ring (bicyclic) bond motifs is 1. The highest BCUT2D eigenvalue weighted by molar-refractivity contribution is 5.93. The largest absolute Gasteiger partial charge is 0.416 e. The van der Waals surface area contributed by atoms with E-state index in [4.69, 9.17) is 4.99 Å². The number of aliphatic imine (C=N–C) groups is 1. The predicted octanol–water partition coefficient (Wildman–Crippen LogP) is 5.05. The Hall–Kier alpha value is -2.56. The van der Waals surface area contributed by atoms with E-state index in [1.54, 1.807) is 0 Å². The maximum Gasteiger partial charge on any atom is 0.416 e. The molecule has 0 bridgehead atoms. The molecule has 2 aromatic rings. The number of hydrogen-bond acceptors (Lipinski definition) is 1. The quantitative estimate of drug-likeness (QED) is 0.818. The van der Waals surface area contributed by atoms with Crippen LogP contribution in [0, 0.1) is 5.92 Å². The molecule has 0 aromatic heterocycles. The van der Waals surface area contributed by atoms with Crippen LogP contribution in [0.2, 0.25) is 0 Å². The van der Waals surface area contributed by atoms with Crippen molar-refractivity contribution in [3.05, 3.63) is 77.0 Å². The highest BCUT2D eigenvalue weighted by Crippen LogP contribution is 2.33. The van der Waals surface area contributed by atoms with Crippen molar-refractivity contribution >= 4 is 11.4 Å². The molecule has 0 unspecified atom stereocenters. The lowest BCUT2D eigenvalue weighted by atomic mass is 9.93. The van der Waals surface area contributed by atoms with E-state index in [0.717, 1.165) is 46.8 Å². The summed E-state index contributed by atoms with van der Waals surface area (Å²) in [6, 6.07) is 13.3. The molecule has 0 amide bonds. The highest BCUT2D eigenvalue weighted by Gasteiger charge is 2.30. The first-order valence-corrected chi connectivity index (χ1v) is 8.76. The third-order valence-electron chi connectivity index (χ3n) is 4.81. The summed E-state index contributed by atoms with van der Waals surface area (Å²) in [5.74, 6) is 1.62. The van der Waals surface area contributed by atoms with Crippen molar-refractivity contribution in [2.75, 3.05) is 6.54 Å². The first-order chi connectivity index (χ1) is 12.5. The van der Waals surface area contributed by atoms with Gasteiger partial charge in [0.15, 0.2) is 0 Å². The van der Waals surface area contributed by atoms with Gasteiger partial charge in [-0.1, -0.05) is 36.4 Å². The minimum absolute atomic E-state index is 0.636. The van der Waals surface area contributed by atoms with Crippen molar-refractivity contribution in [3.63, 3.8) is 0 Å². The van der Waals surface area contributed by atoms with Crippen LogP contribution in [-0.4, -0.2) is 12.4 Å². The van der Waals surface area contributed by atoms with Gasteiger partial charge in [-0.3, -0.25) is 4.99 Å². The van der Waals surface area contributed by atoms with Crippen LogP contribution < -0.4 is 5.32 Å². The molecule has 5 heteroatoms. The molecule has 1 aliphatic heterocycles. The molecule has 2 nitrogen and oxygen atoms in total. The number of rotatable bonds is 3. The molecule has 0 saturated heterocycles. The molecule has 1 N–H and O–H groups in total. The molecule has 26 heavy (non-hydrogen) atoms. The van der Waals surface area contributed by atoms with Gasteiger partial charge in [0.25, 0.3) is 0 Å². The molecular weight excluding hydrogens is 337 g/mol. The molecule has 0 radical (unpaired) electrons. The lowest BCUT2D eigenvalue weighted by Gasteiger charge is -2.12. The fourth-order valence-corrected chi connectivity index (χ4v) is 3.12. The van der Waals surface area contributed by atoms with Gasteiger partial charge in [0, 0.05) is 24.7 Å². The third-order valence-corrected chi connectivity index (χ3v) is 4.81. The Morgan fingerprint density at radius 2 is 1.73 bits per heavy atom. The van der Waals surface area contributed by atoms with Crippen molar-refractivity contribution < 1.29 is 13.2 Å². The number of alkyl halides is 3. The Bertz CT molecular complexity index is 860. The molecule has 2 aromatic carbocycles. The van der Waals surface area contributed by atoms with Gasteiger partial charge in [-0.05, 0) is 47.6 Å². The second-order valence-electron chi connectivity index (χ2n) is 6.84. The van der Waals surface area contributed by atoms with Gasteiger partial charge in [-0.15, -0.1) is 0 Å². The summed E-state index contributed by atoms with van der Waals surface area (Å²) in [5, 5.41) is 3.27. The van der Waals surface area contributed by atoms with Crippen LogP contribution in [0.5, 0.6) is 0 Å². The average molecular weight is 356 g/mol. The standard InChI is InChI=1S/C21H19F3N2/c22-21(23,24)17-9-7-15(8-10-17)19-13-26-20(25-12-14-5-6-14)11-16-3-1-2-4-18(16)19/h1-4,7-10,13-14H,5-6,11-12H2,(H,25,26). The summed E-state index contributed by atoms with van der Waals surface area (Å²) in [5.41, 5.74) is 3.14. The van der Waals surface area contributed by atoms with Gasteiger partial charge in [-0.2, -0.15) is 13.2 Å². The minimum Gasteiger partial charge on any atom is -0.350 e. The van der Waals surface area contributed by atoms with E-state index in [1.807, 2.05) is 30.5 Å². The van der Waals surface area contributed by atoms with Crippen molar-refractivity contribution in [1.29, 1.82) is 0 Å². The molecule has 1 aliphatic carbocycles. The summed E-state index contributed by atoms with van der Waals surface area (Å²) >= 11 is 0. The molecule has 4 rings (SSSR count). The molecule has 0 atom stereocenters. The van der Waals surface area contributed by atoms with E-state index in [2.05, 4.69) is 5.32 Å². The first kappa shape index (κ1) is 16.9. The zero-order chi connectivity index (χ0) is 18.1. The summed E-state index contributed by atoms with van der Waals surface area (Å²) in [6.07, 6.45) is 0.735. The van der Waals surface area contributed by atoms with E-state index < -0.39 is 11.7 Å². The summed E-state index contributed by atoms with van der Waals surface area (Å²) in [7, 11) is 0. The van der Waals surface area contributed by atoms with Gasteiger partial charge in [0.1, 0.15) is 5.84 Å². The van der Waals surface area contributed by atoms with Crippen LogP contribution in [0.15, 0.2) is 59.7 Å². The monoisotopic (exact) mass is 356 g/mol. The van der Waals surface area contributed by atoms with Crippen LogP contribution in [-0.2, 0) is 12.6 Å². The lowest BCUT2D eigenvalue weighted by Crippen LogP contribution is -2.19. The van der Waals surface area contributed by atoms with Crippen LogP contribution in [0.4, 0.5) is 13.2 Å². The normalized spacial score (nSPS) is 18.7. The SMILES string of the molecule is FC(F)(F)c1ccc(C2=CNC(=NCC3CC3)Cc3ccccc32)cc1. The third kappa shape index (κ3) is 3.66. The molecule has 2 aliphatic rings. The minimum atomic E-state index is -4.32. The number of amidine groups is 1. The van der Waals surface area contributed by atoms with Gasteiger partial charge in [0.05, 0.1) is 5.56 Å². The van der Waals surface area contributed by atoms with Crippen molar-refractivity contribution in [3.8, 4) is 0 Å². The molecule has 0 spiro atoms. The smallest absolute Gasteiger partial charge is 0.350 e. The molecule has 134 valence electrons. The maximum atomic E-state index is 12.8. The Morgan fingerprint density at radius 1 is 1.00 bits per heavy atom. The van der Waals surface area contributed by atoms with Crippen LogP contribution in [0.1, 0.15) is 35.1 Å². The van der Waals surface area contributed by atoms with Gasteiger partial charge < -0.3 is 5.32 Å². The van der Waals surface area contributed by atoms with Crippen molar-refractivity contribution in [1.82, 2.24) is 5.32 Å². The molecule has 1 saturated carbocycles. The van der Waals surface area contributed by atoms with Gasteiger partial charge in [0.2, 0.25) is 0 Å². The summed E-state index contributed by atoms with van der Waals surface area (Å²) < 4.78 is 38.5. The Kier molecular flexibility index (Phi) is 4.31. The Balaban J connectivity index is 1.69. The number of benzene rings is 2. The Morgan fingerprint density at radius 3 is 2.42 bits per heavy atom. The molecular formula is C21H19F3N2. The lowest BCUT2D eigenvalue weighted by molar-refractivity contribution is -0.137. The number of halogens is 3. The number of nitrogens with one attached hydrogen (secondary N) is 1. The first-order valence-electron chi connectivity index (χ1n) is 8.76. The van der Waals surface area contributed by atoms with Crippen LogP contribution >= 0.6 is 0 Å². The van der Waals surface area contributed by atoms with Crippen LogP contribution in [0.25, 0.3) is 5.57 Å². The number of hydrogen-bond donors (Lipinski definition) is 1. The van der Waals surface area contributed by atoms with Crippen LogP contribution in [0.3, 0.4) is 0 Å². The van der Waals surface area contributed by atoms with Gasteiger partial charge in [-0.25, -0.2) is 0 Å². The number of nitrogens with zero attached hydrogens (tertiary/aromatic N) is 1. The van der Waals surface area contributed by atoms with Crippen molar-refractivity contribution in [2.24, 2.45) is 10.9 Å². The van der Waals surface area contributed by atoms with E-state index in [9.17, 15) is 13.2 Å². The predicted molar refractivity (Wildman–Crippen MR) is 96.8 cm³/mol. The highest BCUT2D eigenvalue weighted by atomic mass is 19.4. The zero-order valence-electron chi connectivity index (χ0n) is 14.2. The second-order valence-corrected chi connectivity index (χ2v) is 6.84. The molecule has 1 heterocycles. The van der Waals surface area contributed by atoms with Gasteiger partial charge >= 0.3 is 6.18 Å². The summed E-state index contributed by atoms with van der Waals surface area (Å²) in [6.45, 7) is 0.841. The van der Waals surface area contributed by atoms with Crippen molar-refractivity contribution in [2.45, 2.75) is 25.4 Å². The topological polar surface area (TPSA) is 24.4 Å². The van der Waals surface area contributed by atoms with E-state index in [0.29, 0.717) is 12.3 Å². The second kappa shape index (κ2) is 6.63. The zero-order valence-corrected chi connectivity index (χ0v) is 14.2. The van der Waals surface area contributed by atoms with E-state index in [1.165, 1.54) is 25.0 Å². The average Bonchev–Trinajstić information content (AvgIpc) is 3.45. The molecule has 1 fully saturated rings. The summed E-state index contributed by atoms with van der Waals surface area (Å²) in [4.78, 5) is 4.69. The van der Waals surface area contributed by atoms with E-state index >= 15 is 0 Å².